The number of alkyl halides is 3. The second-order valence-corrected chi connectivity index (χ2v) is 7.61. The van der Waals surface area contributed by atoms with E-state index in [0.717, 1.165) is 5.56 Å². The number of nitrogens with zero attached hydrogens (tertiary/aromatic N) is 5. The molecule has 0 atom stereocenters. The van der Waals surface area contributed by atoms with Gasteiger partial charge < -0.3 is 9.88 Å². The highest BCUT2D eigenvalue weighted by atomic mass is 19.4. The summed E-state index contributed by atoms with van der Waals surface area (Å²) in [6, 6.07) is 10.8. The summed E-state index contributed by atoms with van der Waals surface area (Å²) in [5, 5.41) is 11.3. The van der Waals surface area contributed by atoms with Gasteiger partial charge in [0.05, 0.1) is 5.69 Å². The van der Waals surface area contributed by atoms with Crippen molar-refractivity contribution in [2.45, 2.75) is 19.6 Å². The van der Waals surface area contributed by atoms with E-state index in [1.807, 2.05) is 6.92 Å². The summed E-state index contributed by atoms with van der Waals surface area (Å²) < 4.78 is 42.2. The number of nitrogens with one attached hydrogen (secondary N) is 2. The van der Waals surface area contributed by atoms with Crippen molar-refractivity contribution in [1.82, 2.24) is 30.4 Å². The predicted molar refractivity (Wildman–Crippen MR) is 114 cm³/mol. The van der Waals surface area contributed by atoms with Crippen LogP contribution in [0, 0.1) is 6.92 Å². The highest BCUT2D eigenvalue weighted by Crippen LogP contribution is 2.26. The van der Waals surface area contributed by atoms with Crippen LogP contribution in [-0.2, 0) is 19.8 Å². The molecule has 3 heterocycles. The van der Waals surface area contributed by atoms with E-state index in [0.29, 0.717) is 21.5 Å². The number of hydrogen-bond acceptors (Lipinski definition) is 5. The molecule has 0 saturated carbocycles. The standard InChI is InChI=1S/C22H18F3N7O2/c1-13-3-4-18(26-11-13)15-8-16(20(34)27-12-14-5-6-31(2)19(33)7-14)10-17(9-15)32-21(22(23,24)25)28-29-30-32/h3-11H,12H2,1-2H3,(H,27,34)/p+1. The number of aromatic nitrogens is 6. The Balaban J connectivity index is 1.73. The Morgan fingerprint density at radius 3 is 2.65 bits per heavy atom. The first kappa shape index (κ1) is 22.8. The number of pyridine rings is 2. The van der Waals surface area contributed by atoms with Gasteiger partial charge in [-0.25, -0.2) is 0 Å². The topological polar surface area (TPSA) is 109 Å². The first-order chi connectivity index (χ1) is 16.1. The van der Waals surface area contributed by atoms with E-state index in [2.05, 4.69) is 25.8 Å². The third-order valence-electron chi connectivity index (χ3n) is 5.02. The molecule has 0 unspecified atom stereocenters. The average Bonchev–Trinajstić information content (AvgIpc) is 3.31. The van der Waals surface area contributed by atoms with Crippen LogP contribution >= 0.6 is 0 Å². The molecule has 0 saturated heterocycles. The Morgan fingerprint density at radius 1 is 1.18 bits per heavy atom. The van der Waals surface area contributed by atoms with Crippen LogP contribution in [0.15, 0.2) is 59.7 Å². The monoisotopic (exact) mass is 470 g/mol. The smallest absolute Gasteiger partial charge is 0.348 e. The molecule has 12 heteroatoms. The van der Waals surface area contributed by atoms with Crippen LogP contribution in [0.2, 0.25) is 0 Å². The van der Waals surface area contributed by atoms with Gasteiger partial charge in [0.1, 0.15) is 10.8 Å². The zero-order valence-corrected chi connectivity index (χ0v) is 18.1. The highest BCUT2D eigenvalue weighted by Gasteiger charge is 2.45. The minimum Gasteiger partial charge on any atom is -0.348 e. The molecule has 0 radical (unpaired) electrons. The fourth-order valence-corrected chi connectivity index (χ4v) is 3.21. The van der Waals surface area contributed by atoms with Crippen molar-refractivity contribution in [2.24, 2.45) is 7.05 Å². The summed E-state index contributed by atoms with van der Waals surface area (Å²) >= 11 is 0. The maximum Gasteiger partial charge on any atom is 0.488 e. The zero-order chi connectivity index (χ0) is 24.5. The number of aromatic amines is 1. The van der Waals surface area contributed by atoms with Crippen LogP contribution in [0.4, 0.5) is 13.2 Å². The van der Waals surface area contributed by atoms with Gasteiger partial charge in [0.25, 0.3) is 11.5 Å². The van der Waals surface area contributed by atoms with E-state index in [1.54, 1.807) is 37.6 Å². The largest absolute Gasteiger partial charge is 0.488 e. The van der Waals surface area contributed by atoms with Gasteiger partial charge >= 0.3 is 12.0 Å². The van der Waals surface area contributed by atoms with Crippen LogP contribution in [0.3, 0.4) is 0 Å². The van der Waals surface area contributed by atoms with Crippen molar-refractivity contribution < 1.29 is 22.6 Å². The SMILES string of the molecule is Cc1ccc(-c2cc(C(=O)NCc3ccn(C)c(=O)c3)cc(-[n+]3[nH]nnc3C(F)(F)F)c2)nc1. The average molecular weight is 470 g/mol. The van der Waals surface area contributed by atoms with E-state index in [4.69, 9.17) is 0 Å². The van der Waals surface area contributed by atoms with Crippen LogP contribution in [-0.4, -0.2) is 31.0 Å². The highest BCUT2D eigenvalue weighted by molar-refractivity contribution is 5.96. The molecule has 0 spiro atoms. The maximum atomic E-state index is 13.4. The van der Waals surface area contributed by atoms with Gasteiger partial charge in [-0.1, -0.05) is 11.3 Å². The Labute approximate surface area is 190 Å². The van der Waals surface area contributed by atoms with Crippen molar-refractivity contribution in [3.63, 3.8) is 0 Å². The normalized spacial score (nSPS) is 11.4. The lowest BCUT2D eigenvalue weighted by atomic mass is 10.0. The third-order valence-corrected chi connectivity index (χ3v) is 5.02. The molecule has 0 aliphatic heterocycles. The van der Waals surface area contributed by atoms with Gasteiger partial charge in [-0.3, -0.25) is 14.6 Å². The summed E-state index contributed by atoms with van der Waals surface area (Å²) in [5.74, 6) is -1.81. The Bertz CT molecular complexity index is 1410. The van der Waals surface area contributed by atoms with E-state index in [1.165, 1.54) is 28.8 Å². The number of carbonyl (C=O) groups is 1. The Kier molecular flexibility index (Phi) is 5.97. The maximum absolute atomic E-state index is 13.4. The number of aryl methyl sites for hydroxylation is 2. The van der Waals surface area contributed by atoms with Crippen LogP contribution < -0.4 is 15.6 Å². The quantitative estimate of drug-likeness (QED) is 0.434. The van der Waals surface area contributed by atoms with Crippen LogP contribution in [0.1, 0.15) is 27.3 Å². The minimum atomic E-state index is -4.77. The second-order valence-electron chi connectivity index (χ2n) is 7.61. The first-order valence-corrected chi connectivity index (χ1v) is 10.0. The summed E-state index contributed by atoms with van der Waals surface area (Å²) in [5.41, 5.74) is 2.23. The van der Waals surface area contributed by atoms with E-state index < -0.39 is 17.9 Å². The van der Waals surface area contributed by atoms with Gasteiger partial charge in [0, 0.05) is 43.2 Å². The molecular formula is C22H19F3N7O2+. The molecule has 1 amide bonds. The van der Waals surface area contributed by atoms with E-state index in [9.17, 15) is 22.8 Å². The van der Waals surface area contributed by atoms with Crippen molar-refractivity contribution in [3.05, 3.63) is 87.7 Å². The molecule has 0 aliphatic rings. The number of carbonyl (C=O) groups excluding carboxylic acids is 1. The molecule has 2 N–H and O–H groups in total. The van der Waals surface area contributed by atoms with Crippen molar-refractivity contribution in [2.75, 3.05) is 0 Å². The second kappa shape index (κ2) is 8.89. The summed E-state index contributed by atoms with van der Waals surface area (Å²) in [6.45, 7) is 1.91. The number of H-pyrrole nitrogens is 1. The number of rotatable bonds is 5. The minimum absolute atomic E-state index is 0.00377. The Hall–Kier alpha value is -4.35. The molecule has 4 aromatic rings. The number of hydrogen-bond donors (Lipinski definition) is 2. The number of benzene rings is 1. The fourth-order valence-electron chi connectivity index (χ4n) is 3.21. The molecule has 0 aliphatic carbocycles. The fraction of sp³-hybridized carbons (Fsp3) is 0.182. The molecule has 9 nitrogen and oxygen atoms in total. The predicted octanol–water partition coefficient (Wildman–Crippen LogP) is 2.10. The molecule has 1 aromatic carbocycles. The Morgan fingerprint density at radius 2 is 1.97 bits per heavy atom. The molecule has 4 rings (SSSR count). The lowest BCUT2D eigenvalue weighted by Crippen LogP contribution is -2.41. The molecular weight excluding hydrogens is 451 g/mol. The van der Waals surface area contributed by atoms with Gasteiger partial charge in [-0.15, -0.1) is 4.68 Å². The molecule has 0 fully saturated rings. The zero-order valence-electron chi connectivity index (χ0n) is 18.1. The summed E-state index contributed by atoms with van der Waals surface area (Å²) in [7, 11) is 1.61. The lowest BCUT2D eigenvalue weighted by molar-refractivity contribution is -0.680. The van der Waals surface area contributed by atoms with E-state index in [-0.39, 0.29) is 23.4 Å². The van der Waals surface area contributed by atoms with Gasteiger partial charge in [0.2, 0.25) is 0 Å². The van der Waals surface area contributed by atoms with Gasteiger partial charge in [0.15, 0.2) is 5.21 Å². The number of tetrazole rings is 1. The lowest BCUT2D eigenvalue weighted by Gasteiger charge is -2.10. The van der Waals surface area contributed by atoms with Crippen LogP contribution in [0.25, 0.3) is 16.9 Å². The van der Waals surface area contributed by atoms with Crippen LogP contribution in [0.5, 0.6) is 0 Å². The third kappa shape index (κ3) is 4.85. The molecule has 3 aromatic heterocycles. The number of halogens is 3. The summed E-state index contributed by atoms with van der Waals surface area (Å²) in [6.07, 6.45) is -1.58. The molecule has 34 heavy (non-hydrogen) atoms. The molecule has 0 bridgehead atoms. The molecule has 174 valence electrons. The van der Waals surface area contributed by atoms with Crippen molar-refractivity contribution in [3.8, 4) is 16.9 Å². The first-order valence-electron chi connectivity index (χ1n) is 10.0. The number of amides is 1. The van der Waals surface area contributed by atoms with Gasteiger partial charge in [-0.05, 0) is 48.4 Å². The van der Waals surface area contributed by atoms with Gasteiger partial charge in [-0.2, -0.15) is 13.2 Å². The summed E-state index contributed by atoms with van der Waals surface area (Å²) in [4.78, 5) is 29.0. The van der Waals surface area contributed by atoms with E-state index >= 15 is 0 Å². The van der Waals surface area contributed by atoms with Crippen molar-refractivity contribution >= 4 is 5.91 Å². The van der Waals surface area contributed by atoms with Crippen molar-refractivity contribution in [1.29, 1.82) is 0 Å².